The second-order valence-electron chi connectivity index (χ2n) is 8.41. The molecule has 170 valence electrons. The second kappa shape index (κ2) is 18.0. The van der Waals surface area contributed by atoms with Crippen molar-refractivity contribution in [2.45, 2.75) is 117 Å². The van der Waals surface area contributed by atoms with Crippen molar-refractivity contribution in [3.63, 3.8) is 0 Å². The molecule has 1 aromatic carbocycles. The Kier molecular flexibility index (Phi) is 15.7. The van der Waals surface area contributed by atoms with Gasteiger partial charge in [0.15, 0.2) is 0 Å². The molecule has 0 bridgehead atoms. The van der Waals surface area contributed by atoms with E-state index in [9.17, 15) is 9.59 Å². The van der Waals surface area contributed by atoms with Crippen LogP contribution in [0.2, 0.25) is 0 Å². The molecule has 1 rings (SSSR count). The summed E-state index contributed by atoms with van der Waals surface area (Å²) < 4.78 is 0. The van der Waals surface area contributed by atoms with Gasteiger partial charge in [0, 0.05) is 25.9 Å². The lowest BCUT2D eigenvalue weighted by atomic mass is 10.1. The zero-order valence-corrected chi connectivity index (χ0v) is 19.4. The molecule has 4 nitrogen and oxygen atoms in total. The molecular formula is C26H44N2O2. The number of hydrogen-bond donors (Lipinski definition) is 2. The summed E-state index contributed by atoms with van der Waals surface area (Å²) in [4.78, 5) is 23.9. The summed E-state index contributed by atoms with van der Waals surface area (Å²) in [5.74, 6) is 0.271. The van der Waals surface area contributed by atoms with Crippen LogP contribution in [0.5, 0.6) is 0 Å². The summed E-state index contributed by atoms with van der Waals surface area (Å²) in [5.41, 5.74) is 2.18. The van der Waals surface area contributed by atoms with Crippen molar-refractivity contribution in [2.24, 2.45) is 0 Å². The smallest absolute Gasteiger partial charge is 0.220 e. The van der Waals surface area contributed by atoms with Gasteiger partial charge in [0.2, 0.25) is 11.8 Å². The molecule has 0 aliphatic rings. The third kappa shape index (κ3) is 14.2. The van der Waals surface area contributed by atoms with E-state index in [1.54, 1.807) is 0 Å². The Hall–Kier alpha value is -1.84. The van der Waals surface area contributed by atoms with Crippen LogP contribution in [0, 0.1) is 0 Å². The zero-order chi connectivity index (χ0) is 21.9. The van der Waals surface area contributed by atoms with Crippen LogP contribution in [-0.4, -0.2) is 11.8 Å². The summed E-state index contributed by atoms with van der Waals surface area (Å²) >= 11 is 0. The van der Waals surface area contributed by atoms with Crippen molar-refractivity contribution in [3.8, 4) is 0 Å². The van der Waals surface area contributed by atoms with Crippen molar-refractivity contribution in [3.05, 3.63) is 35.4 Å². The van der Waals surface area contributed by atoms with E-state index in [-0.39, 0.29) is 11.8 Å². The monoisotopic (exact) mass is 416 g/mol. The summed E-state index contributed by atoms with van der Waals surface area (Å²) in [6.07, 6.45) is 15.6. The van der Waals surface area contributed by atoms with Crippen LogP contribution in [0.25, 0.3) is 0 Å². The van der Waals surface area contributed by atoms with E-state index in [0.29, 0.717) is 25.9 Å². The molecule has 0 saturated heterocycles. The second-order valence-corrected chi connectivity index (χ2v) is 8.41. The van der Waals surface area contributed by atoms with E-state index < -0.39 is 0 Å². The highest BCUT2D eigenvalue weighted by molar-refractivity contribution is 5.76. The van der Waals surface area contributed by atoms with Gasteiger partial charge >= 0.3 is 0 Å². The van der Waals surface area contributed by atoms with Gasteiger partial charge in [-0.1, -0.05) is 102 Å². The Bertz CT molecular complexity index is 518. The Labute approximate surface area is 184 Å². The number of rotatable bonds is 18. The lowest BCUT2D eigenvalue weighted by Crippen LogP contribution is -2.23. The molecule has 1 aromatic rings. The molecule has 0 heterocycles. The highest BCUT2D eigenvalue weighted by atomic mass is 16.2. The number of unbranched alkanes of at least 4 members (excludes halogenated alkanes) is 10. The largest absolute Gasteiger partial charge is 0.352 e. The van der Waals surface area contributed by atoms with Crippen LogP contribution >= 0.6 is 0 Å². The fourth-order valence-electron chi connectivity index (χ4n) is 3.48. The Morgan fingerprint density at radius 1 is 0.567 bits per heavy atom. The van der Waals surface area contributed by atoms with Gasteiger partial charge in [0.25, 0.3) is 0 Å². The molecule has 4 heteroatoms. The van der Waals surface area contributed by atoms with E-state index >= 15 is 0 Å². The van der Waals surface area contributed by atoms with Crippen molar-refractivity contribution in [1.29, 1.82) is 0 Å². The molecule has 30 heavy (non-hydrogen) atoms. The molecule has 0 aliphatic carbocycles. The fraction of sp³-hybridized carbons (Fsp3) is 0.692. The van der Waals surface area contributed by atoms with Crippen molar-refractivity contribution < 1.29 is 9.59 Å². The molecule has 0 fully saturated rings. The van der Waals surface area contributed by atoms with E-state index in [0.717, 1.165) is 36.8 Å². The predicted octanol–water partition coefficient (Wildman–Crippen LogP) is 6.42. The predicted molar refractivity (Wildman–Crippen MR) is 126 cm³/mol. The first-order valence-corrected chi connectivity index (χ1v) is 12.3. The normalized spacial score (nSPS) is 10.7. The molecule has 0 unspecified atom stereocenters. The topological polar surface area (TPSA) is 58.2 Å². The van der Waals surface area contributed by atoms with Crippen molar-refractivity contribution in [1.82, 2.24) is 10.6 Å². The molecule has 2 N–H and O–H groups in total. The fourth-order valence-corrected chi connectivity index (χ4v) is 3.48. The van der Waals surface area contributed by atoms with Crippen molar-refractivity contribution >= 4 is 11.8 Å². The van der Waals surface area contributed by atoms with Gasteiger partial charge < -0.3 is 10.6 Å². The third-order valence-electron chi connectivity index (χ3n) is 5.52. The molecule has 0 radical (unpaired) electrons. The molecule has 0 aliphatic heterocycles. The zero-order valence-electron chi connectivity index (χ0n) is 19.4. The standard InChI is InChI=1S/C26H44N2O2/c1-3-5-7-9-11-13-15-25(29)27-21-23-17-19-24(20-18-23)22-28-26(30)16-14-12-10-8-6-4-2/h17-20H,3-16,21-22H2,1-2H3,(H,27,29)(H,28,30). The number of amides is 2. The number of hydrogen-bond acceptors (Lipinski definition) is 2. The van der Waals surface area contributed by atoms with Crippen LogP contribution in [0.4, 0.5) is 0 Å². The van der Waals surface area contributed by atoms with Crippen LogP contribution in [-0.2, 0) is 22.7 Å². The Balaban J connectivity index is 2.12. The van der Waals surface area contributed by atoms with Gasteiger partial charge in [-0.3, -0.25) is 9.59 Å². The maximum absolute atomic E-state index is 12.0. The summed E-state index contributed by atoms with van der Waals surface area (Å²) in [6.45, 7) is 5.57. The lowest BCUT2D eigenvalue weighted by Gasteiger charge is -2.08. The van der Waals surface area contributed by atoms with Crippen LogP contribution in [0.1, 0.15) is 115 Å². The molecule has 0 spiro atoms. The Morgan fingerprint density at radius 2 is 0.900 bits per heavy atom. The van der Waals surface area contributed by atoms with Gasteiger partial charge in [-0.05, 0) is 24.0 Å². The summed E-state index contributed by atoms with van der Waals surface area (Å²) in [6, 6.07) is 8.11. The minimum atomic E-state index is 0.136. The number of carbonyl (C=O) groups excluding carboxylic acids is 2. The van der Waals surface area contributed by atoms with Crippen LogP contribution in [0.15, 0.2) is 24.3 Å². The molecule has 0 saturated carbocycles. The van der Waals surface area contributed by atoms with Crippen molar-refractivity contribution in [2.75, 3.05) is 0 Å². The van der Waals surface area contributed by atoms with E-state index in [2.05, 4.69) is 24.5 Å². The first kappa shape index (κ1) is 26.2. The maximum Gasteiger partial charge on any atom is 0.220 e. The summed E-state index contributed by atoms with van der Waals surface area (Å²) in [5, 5.41) is 6.01. The first-order chi connectivity index (χ1) is 14.7. The average molecular weight is 417 g/mol. The number of nitrogens with one attached hydrogen (secondary N) is 2. The number of carbonyl (C=O) groups is 2. The first-order valence-electron chi connectivity index (χ1n) is 12.3. The number of benzene rings is 1. The average Bonchev–Trinajstić information content (AvgIpc) is 2.76. The SMILES string of the molecule is CCCCCCCCC(=O)NCc1ccc(CNC(=O)CCCCCCCC)cc1. The highest BCUT2D eigenvalue weighted by Crippen LogP contribution is 2.09. The lowest BCUT2D eigenvalue weighted by molar-refractivity contribution is -0.122. The molecule has 2 amide bonds. The molecule has 0 aromatic heterocycles. The third-order valence-corrected chi connectivity index (χ3v) is 5.52. The van der Waals surface area contributed by atoms with E-state index in [4.69, 9.17) is 0 Å². The van der Waals surface area contributed by atoms with Gasteiger partial charge in [-0.15, -0.1) is 0 Å². The van der Waals surface area contributed by atoms with Gasteiger partial charge in [-0.2, -0.15) is 0 Å². The minimum Gasteiger partial charge on any atom is -0.352 e. The van der Waals surface area contributed by atoms with Crippen LogP contribution < -0.4 is 10.6 Å². The highest BCUT2D eigenvalue weighted by Gasteiger charge is 2.04. The van der Waals surface area contributed by atoms with Gasteiger partial charge in [0.05, 0.1) is 0 Å². The van der Waals surface area contributed by atoms with Gasteiger partial charge in [-0.25, -0.2) is 0 Å². The summed E-state index contributed by atoms with van der Waals surface area (Å²) in [7, 11) is 0. The quantitative estimate of drug-likeness (QED) is 0.271. The minimum absolute atomic E-state index is 0.136. The maximum atomic E-state index is 12.0. The van der Waals surface area contributed by atoms with Crippen LogP contribution in [0.3, 0.4) is 0 Å². The molecule has 0 atom stereocenters. The van der Waals surface area contributed by atoms with Gasteiger partial charge in [0.1, 0.15) is 0 Å². The molecular weight excluding hydrogens is 372 g/mol. The van der Waals surface area contributed by atoms with E-state index in [1.807, 2.05) is 24.3 Å². The van der Waals surface area contributed by atoms with E-state index in [1.165, 1.54) is 51.4 Å². The Morgan fingerprint density at radius 3 is 1.27 bits per heavy atom.